The number of fused-ring (bicyclic) bond motifs is 1. The van der Waals surface area contributed by atoms with Crippen molar-refractivity contribution >= 4 is 11.6 Å². The molecule has 0 saturated carbocycles. The van der Waals surface area contributed by atoms with E-state index in [1.165, 1.54) is 0 Å². The van der Waals surface area contributed by atoms with Crippen LogP contribution < -0.4 is 9.64 Å². The van der Waals surface area contributed by atoms with Crippen molar-refractivity contribution in [2.75, 3.05) is 31.6 Å². The summed E-state index contributed by atoms with van der Waals surface area (Å²) in [4.78, 5) is 16.4. The highest BCUT2D eigenvalue weighted by Crippen LogP contribution is 2.32. The molecule has 1 aromatic carbocycles. The maximum Gasteiger partial charge on any atom is 0.289 e. The number of benzene rings is 1. The van der Waals surface area contributed by atoms with E-state index in [1.54, 1.807) is 24.3 Å². The zero-order valence-electron chi connectivity index (χ0n) is 13.8. The maximum atomic E-state index is 12.5. The normalized spacial score (nSPS) is 16.7. The molecule has 1 amide bonds. The van der Waals surface area contributed by atoms with E-state index in [2.05, 4.69) is 17.9 Å². The smallest absolute Gasteiger partial charge is 0.289 e. The van der Waals surface area contributed by atoms with Gasteiger partial charge in [-0.15, -0.1) is 0 Å². The summed E-state index contributed by atoms with van der Waals surface area (Å²) in [5, 5.41) is 0. The van der Waals surface area contributed by atoms with Crippen molar-refractivity contribution in [3.8, 4) is 5.75 Å². The van der Waals surface area contributed by atoms with Crippen molar-refractivity contribution in [1.29, 1.82) is 0 Å². The van der Waals surface area contributed by atoms with Gasteiger partial charge in [0.15, 0.2) is 5.76 Å². The summed E-state index contributed by atoms with van der Waals surface area (Å²) in [7, 11) is 1.78. The number of amides is 1. The molecule has 0 aliphatic carbocycles. The topological polar surface area (TPSA) is 45.9 Å². The van der Waals surface area contributed by atoms with Crippen LogP contribution in [0.25, 0.3) is 0 Å². The van der Waals surface area contributed by atoms with Gasteiger partial charge in [0.25, 0.3) is 5.91 Å². The van der Waals surface area contributed by atoms with Crippen LogP contribution in [0.4, 0.5) is 5.69 Å². The zero-order valence-corrected chi connectivity index (χ0v) is 13.8. The fourth-order valence-corrected chi connectivity index (χ4v) is 2.93. The molecule has 23 heavy (non-hydrogen) atoms. The molecule has 2 heterocycles. The lowest BCUT2D eigenvalue weighted by molar-refractivity contribution is 0.0678. The van der Waals surface area contributed by atoms with Crippen LogP contribution >= 0.6 is 0 Å². The van der Waals surface area contributed by atoms with Crippen molar-refractivity contribution < 1.29 is 13.9 Å². The Morgan fingerprint density at radius 1 is 1.35 bits per heavy atom. The largest absolute Gasteiger partial charge is 0.485 e. The van der Waals surface area contributed by atoms with Gasteiger partial charge in [-0.05, 0) is 32.0 Å². The third kappa shape index (κ3) is 3.04. The molecular formula is C18H22N2O3. The number of carbonyl (C=O) groups excluding carboxylic acids is 1. The van der Waals surface area contributed by atoms with Gasteiger partial charge in [0.1, 0.15) is 11.9 Å². The Morgan fingerprint density at radius 3 is 2.83 bits per heavy atom. The van der Waals surface area contributed by atoms with Gasteiger partial charge in [-0.25, -0.2) is 0 Å². The number of rotatable bonds is 4. The summed E-state index contributed by atoms with van der Waals surface area (Å²) in [5.41, 5.74) is 1.97. The van der Waals surface area contributed by atoms with Crippen LogP contribution in [0.15, 0.2) is 41.0 Å². The lowest BCUT2D eigenvalue weighted by Gasteiger charge is -2.37. The van der Waals surface area contributed by atoms with Gasteiger partial charge in [-0.2, -0.15) is 0 Å². The molecule has 1 aliphatic heterocycles. The van der Waals surface area contributed by atoms with Gasteiger partial charge in [-0.1, -0.05) is 12.1 Å². The maximum absolute atomic E-state index is 12.5. The average molecular weight is 314 g/mol. The number of para-hydroxylation sites is 2. The number of furan rings is 1. The first kappa shape index (κ1) is 15.5. The Bertz CT molecular complexity index is 695. The van der Waals surface area contributed by atoms with E-state index in [4.69, 9.17) is 9.15 Å². The summed E-state index contributed by atoms with van der Waals surface area (Å²) in [6.45, 7) is 6.19. The highest BCUT2D eigenvalue weighted by atomic mass is 16.5. The molecule has 0 radical (unpaired) electrons. The van der Waals surface area contributed by atoms with Crippen LogP contribution in [0.5, 0.6) is 5.75 Å². The monoisotopic (exact) mass is 314 g/mol. The summed E-state index contributed by atoms with van der Waals surface area (Å²) in [6.07, 6.45) is 1.48. The molecule has 0 bridgehead atoms. The van der Waals surface area contributed by atoms with Gasteiger partial charge in [0.05, 0.1) is 25.0 Å². The standard InChI is InChI=1S/C18H22N2O3/c1-4-20-12-14(23-16-8-6-5-7-15(16)20)11-19(3)18(21)17-13(2)9-10-22-17/h5-10,14H,4,11-12H2,1-3H3. The summed E-state index contributed by atoms with van der Waals surface area (Å²) < 4.78 is 11.4. The molecular weight excluding hydrogens is 292 g/mol. The lowest BCUT2D eigenvalue weighted by Crippen LogP contribution is -2.46. The molecule has 0 fully saturated rings. The molecule has 5 heteroatoms. The minimum atomic E-state index is -0.113. The molecule has 3 rings (SSSR count). The van der Waals surface area contributed by atoms with E-state index in [-0.39, 0.29) is 12.0 Å². The number of anilines is 1. The second-order valence-corrected chi connectivity index (χ2v) is 5.86. The second kappa shape index (κ2) is 6.36. The van der Waals surface area contributed by atoms with Gasteiger partial charge in [0.2, 0.25) is 0 Å². The third-order valence-electron chi connectivity index (χ3n) is 4.19. The van der Waals surface area contributed by atoms with Crippen LogP contribution in [-0.2, 0) is 0 Å². The van der Waals surface area contributed by atoms with Gasteiger partial charge in [-0.3, -0.25) is 4.79 Å². The third-order valence-corrected chi connectivity index (χ3v) is 4.19. The molecule has 0 spiro atoms. The fraction of sp³-hybridized carbons (Fsp3) is 0.389. The molecule has 1 atom stereocenters. The number of aryl methyl sites for hydroxylation is 1. The van der Waals surface area contributed by atoms with Crippen LogP contribution in [0, 0.1) is 6.92 Å². The van der Waals surface area contributed by atoms with Gasteiger partial charge >= 0.3 is 0 Å². The molecule has 1 aromatic heterocycles. The van der Waals surface area contributed by atoms with E-state index < -0.39 is 0 Å². The Balaban J connectivity index is 1.71. The van der Waals surface area contributed by atoms with E-state index >= 15 is 0 Å². The Hall–Kier alpha value is -2.43. The van der Waals surface area contributed by atoms with Crippen molar-refractivity contribution in [2.45, 2.75) is 20.0 Å². The van der Waals surface area contributed by atoms with Crippen molar-refractivity contribution in [3.05, 3.63) is 47.9 Å². The first-order valence-corrected chi connectivity index (χ1v) is 7.90. The average Bonchev–Trinajstić information content (AvgIpc) is 2.99. The first-order valence-electron chi connectivity index (χ1n) is 7.90. The van der Waals surface area contributed by atoms with Crippen molar-refractivity contribution in [3.63, 3.8) is 0 Å². The number of ether oxygens (including phenoxy) is 1. The zero-order chi connectivity index (χ0) is 16.4. The van der Waals surface area contributed by atoms with Crippen LogP contribution in [0.2, 0.25) is 0 Å². The quantitative estimate of drug-likeness (QED) is 0.870. The Morgan fingerprint density at radius 2 is 2.13 bits per heavy atom. The molecule has 1 unspecified atom stereocenters. The van der Waals surface area contributed by atoms with E-state index in [0.717, 1.165) is 30.1 Å². The summed E-state index contributed by atoms with van der Waals surface area (Å²) in [6, 6.07) is 9.82. The SMILES string of the molecule is CCN1CC(CN(C)C(=O)c2occc2C)Oc2ccccc21. The minimum Gasteiger partial charge on any atom is -0.485 e. The number of carbonyl (C=O) groups is 1. The van der Waals surface area contributed by atoms with Crippen LogP contribution in [0.1, 0.15) is 23.0 Å². The van der Waals surface area contributed by atoms with E-state index in [1.807, 2.05) is 25.1 Å². The number of hydrogen-bond donors (Lipinski definition) is 0. The highest BCUT2D eigenvalue weighted by Gasteiger charge is 2.27. The molecule has 0 saturated heterocycles. The first-order chi connectivity index (χ1) is 11.1. The molecule has 1 aliphatic rings. The van der Waals surface area contributed by atoms with Crippen LogP contribution in [0.3, 0.4) is 0 Å². The molecule has 122 valence electrons. The number of nitrogens with zero attached hydrogens (tertiary/aromatic N) is 2. The predicted octanol–water partition coefficient (Wildman–Crippen LogP) is 2.95. The van der Waals surface area contributed by atoms with E-state index in [0.29, 0.717) is 12.3 Å². The highest BCUT2D eigenvalue weighted by molar-refractivity contribution is 5.92. The summed E-state index contributed by atoms with van der Waals surface area (Å²) >= 11 is 0. The van der Waals surface area contributed by atoms with Crippen molar-refractivity contribution in [1.82, 2.24) is 4.90 Å². The number of likely N-dealkylation sites (N-methyl/N-ethyl adjacent to an activating group) is 2. The molecule has 0 N–H and O–H groups in total. The second-order valence-electron chi connectivity index (χ2n) is 5.86. The number of hydrogen-bond acceptors (Lipinski definition) is 4. The lowest BCUT2D eigenvalue weighted by atomic mass is 10.1. The van der Waals surface area contributed by atoms with Crippen LogP contribution in [-0.4, -0.2) is 43.6 Å². The Kier molecular flexibility index (Phi) is 4.28. The fourth-order valence-electron chi connectivity index (χ4n) is 2.93. The molecule has 5 nitrogen and oxygen atoms in total. The van der Waals surface area contributed by atoms with Gasteiger partial charge in [0, 0.05) is 19.2 Å². The Labute approximate surface area is 136 Å². The molecule has 2 aromatic rings. The van der Waals surface area contributed by atoms with Gasteiger partial charge < -0.3 is 19.0 Å². The minimum absolute atomic E-state index is 0.0610. The van der Waals surface area contributed by atoms with E-state index in [9.17, 15) is 4.79 Å². The summed E-state index contributed by atoms with van der Waals surface area (Å²) in [5.74, 6) is 1.16. The van der Waals surface area contributed by atoms with Crippen molar-refractivity contribution in [2.24, 2.45) is 0 Å². The predicted molar refractivity (Wildman–Crippen MR) is 89.2 cm³/mol.